The van der Waals surface area contributed by atoms with E-state index >= 15 is 0 Å². The fourth-order valence-electron chi connectivity index (χ4n) is 5.13. The van der Waals surface area contributed by atoms with Gasteiger partial charge in [0, 0.05) is 41.2 Å². The molecular weight excluding hydrogens is 476 g/mol. The summed E-state index contributed by atoms with van der Waals surface area (Å²) in [5.74, 6) is -2.34. The van der Waals surface area contributed by atoms with E-state index < -0.39 is 11.8 Å². The number of allylic oxidation sites excluding steroid dienone is 1. The highest BCUT2D eigenvalue weighted by Crippen LogP contribution is 2.60. The van der Waals surface area contributed by atoms with Crippen LogP contribution in [0.5, 0.6) is 46.0 Å². The second-order valence-electron chi connectivity index (χ2n) is 8.94. The molecule has 4 aromatic rings. The van der Waals surface area contributed by atoms with Gasteiger partial charge >= 0.3 is 0 Å². The van der Waals surface area contributed by atoms with Crippen molar-refractivity contribution in [1.29, 1.82) is 0 Å². The number of hydrogen-bond acceptors (Lipinski definition) is 8. The maximum absolute atomic E-state index is 11.0. The fourth-order valence-corrected chi connectivity index (χ4v) is 5.13. The first kappa shape index (κ1) is 23.7. The maximum atomic E-state index is 11.0. The van der Waals surface area contributed by atoms with Gasteiger partial charge in [0.25, 0.3) is 0 Å². The van der Waals surface area contributed by atoms with Crippen molar-refractivity contribution in [3.8, 4) is 46.0 Å². The Morgan fingerprint density at radius 1 is 0.622 bits per heavy atom. The Hall–Kier alpha value is -4.98. The fraction of sp³-hybridized carbons (Fsp3) is 0.103. The molecule has 0 heterocycles. The van der Waals surface area contributed by atoms with Gasteiger partial charge in [-0.15, -0.1) is 0 Å². The zero-order chi connectivity index (χ0) is 26.4. The smallest absolute Gasteiger partial charge is 0.161 e. The molecule has 7 N–H and O–H groups in total. The van der Waals surface area contributed by atoms with Gasteiger partial charge in [0.2, 0.25) is 0 Å². The molecule has 8 nitrogen and oxygen atoms in total. The second kappa shape index (κ2) is 8.91. The van der Waals surface area contributed by atoms with Crippen LogP contribution >= 0.6 is 0 Å². The van der Waals surface area contributed by atoms with E-state index in [1.165, 1.54) is 61.7 Å². The first-order valence-electron chi connectivity index (χ1n) is 11.4. The molecule has 5 rings (SSSR count). The lowest BCUT2D eigenvalue weighted by Crippen LogP contribution is -2.08. The summed E-state index contributed by atoms with van der Waals surface area (Å²) in [5, 5.41) is 72.7. The minimum absolute atomic E-state index is 0.0480. The zero-order valence-corrected chi connectivity index (χ0v) is 19.6. The van der Waals surface area contributed by atoms with Crippen LogP contribution in [0.15, 0.2) is 66.7 Å². The summed E-state index contributed by atoms with van der Waals surface area (Å²) in [6, 6.07) is 15.7. The van der Waals surface area contributed by atoms with Crippen molar-refractivity contribution in [2.24, 2.45) is 0 Å². The van der Waals surface area contributed by atoms with Gasteiger partial charge in [-0.2, -0.15) is 0 Å². The molecule has 1 aliphatic carbocycles. The molecule has 0 amide bonds. The molecule has 37 heavy (non-hydrogen) atoms. The largest absolute Gasteiger partial charge is 0.508 e. The van der Waals surface area contributed by atoms with Crippen LogP contribution in [-0.4, -0.2) is 42.9 Å². The molecule has 0 radical (unpaired) electrons. The summed E-state index contributed by atoms with van der Waals surface area (Å²) in [4.78, 5) is 0. The Labute approximate surface area is 211 Å². The second-order valence-corrected chi connectivity index (χ2v) is 8.94. The zero-order valence-electron chi connectivity index (χ0n) is 19.6. The molecule has 1 aliphatic rings. The normalized spacial score (nSPS) is 17.6. The summed E-state index contributed by atoms with van der Waals surface area (Å²) in [6.07, 6.45) is 1.78. The predicted octanol–water partition coefficient (Wildman–Crippen LogP) is 5.10. The topological polar surface area (TPSA) is 151 Å². The maximum Gasteiger partial charge on any atom is 0.161 e. The Kier molecular flexibility index (Phi) is 5.72. The van der Waals surface area contributed by atoms with Crippen molar-refractivity contribution < 1.29 is 40.5 Å². The Bertz CT molecular complexity index is 1540. The molecule has 4 aromatic carbocycles. The molecule has 0 fully saturated rings. The van der Waals surface area contributed by atoms with E-state index in [2.05, 4.69) is 0 Å². The van der Waals surface area contributed by atoms with Crippen molar-refractivity contribution in [1.82, 2.24) is 0 Å². The third kappa shape index (κ3) is 4.18. The van der Waals surface area contributed by atoms with Gasteiger partial charge in [-0.25, -0.2) is 0 Å². The average molecular weight is 501 g/mol. The molecule has 8 heteroatoms. The first-order chi connectivity index (χ1) is 17.7. The van der Waals surface area contributed by atoms with Crippen LogP contribution in [0, 0.1) is 0 Å². The molecule has 0 aromatic heterocycles. The van der Waals surface area contributed by atoms with Gasteiger partial charge in [0.1, 0.15) is 34.5 Å². The summed E-state index contributed by atoms with van der Waals surface area (Å²) in [7, 11) is 1.43. The first-order valence-corrected chi connectivity index (χ1v) is 11.4. The van der Waals surface area contributed by atoms with Gasteiger partial charge < -0.3 is 40.5 Å². The van der Waals surface area contributed by atoms with E-state index in [1.807, 2.05) is 0 Å². The standard InChI is InChI=1S/C29H24O8/c1-37-26-7-14(2-5-23(26)34)6-21-22-11-19(33)13-25(36)28(22)29(20-4-3-16(30)12-24(20)35)27(21)15-8-17(31)10-18(32)9-15/h2-13,27,29-36H,1H3. The van der Waals surface area contributed by atoms with Gasteiger partial charge in [0.15, 0.2) is 11.5 Å². The molecule has 2 atom stereocenters. The van der Waals surface area contributed by atoms with Crippen molar-refractivity contribution in [2.45, 2.75) is 11.8 Å². The van der Waals surface area contributed by atoms with E-state index in [9.17, 15) is 35.7 Å². The molecular formula is C29H24O8. The van der Waals surface area contributed by atoms with Crippen LogP contribution in [0.3, 0.4) is 0 Å². The Morgan fingerprint density at radius 2 is 1.30 bits per heavy atom. The average Bonchev–Trinajstić information content (AvgIpc) is 3.13. The minimum atomic E-state index is -0.734. The number of rotatable bonds is 4. The summed E-state index contributed by atoms with van der Waals surface area (Å²) >= 11 is 0. The number of methoxy groups -OCH3 is 1. The lowest BCUT2D eigenvalue weighted by molar-refractivity contribution is 0.373. The highest BCUT2D eigenvalue weighted by molar-refractivity contribution is 5.93. The van der Waals surface area contributed by atoms with Crippen LogP contribution in [0.25, 0.3) is 11.6 Å². The van der Waals surface area contributed by atoms with Crippen molar-refractivity contribution in [3.63, 3.8) is 0 Å². The van der Waals surface area contributed by atoms with Crippen LogP contribution in [-0.2, 0) is 0 Å². The number of phenols is 7. The predicted molar refractivity (Wildman–Crippen MR) is 136 cm³/mol. The molecule has 0 bridgehead atoms. The monoisotopic (exact) mass is 500 g/mol. The molecule has 0 aliphatic heterocycles. The van der Waals surface area contributed by atoms with Gasteiger partial charge in [0.05, 0.1) is 7.11 Å². The SMILES string of the molecule is COc1cc(C=C2c3cc(O)cc(O)c3C(c3ccc(O)cc3O)C2c2cc(O)cc(O)c2)ccc1O. The molecule has 188 valence electrons. The number of ether oxygens (including phenoxy) is 1. The minimum Gasteiger partial charge on any atom is -0.508 e. The Balaban J connectivity index is 1.85. The molecule has 2 unspecified atom stereocenters. The molecule has 0 spiro atoms. The van der Waals surface area contributed by atoms with E-state index in [1.54, 1.807) is 18.2 Å². The van der Waals surface area contributed by atoms with E-state index in [-0.39, 0.29) is 46.0 Å². The lowest BCUT2D eigenvalue weighted by Gasteiger charge is -2.24. The van der Waals surface area contributed by atoms with Crippen LogP contribution < -0.4 is 4.74 Å². The van der Waals surface area contributed by atoms with Crippen LogP contribution in [0.2, 0.25) is 0 Å². The van der Waals surface area contributed by atoms with Crippen molar-refractivity contribution in [2.75, 3.05) is 7.11 Å². The van der Waals surface area contributed by atoms with Gasteiger partial charge in [-0.3, -0.25) is 0 Å². The quantitative estimate of drug-likeness (QED) is 0.204. The molecule has 0 saturated heterocycles. The summed E-state index contributed by atoms with van der Waals surface area (Å²) < 4.78 is 5.24. The van der Waals surface area contributed by atoms with Crippen LogP contribution in [0.1, 0.15) is 39.7 Å². The summed E-state index contributed by atoms with van der Waals surface area (Å²) in [6.45, 7) is 0. The highest BCUT2D eigenvalue weighted by Gasteiger charge is 2.42. The lowest BCUT2D eigenvalue weighted by atomic mass is 9.79. The highest BCUT2D eigenvalue weighted by atomic mass is 16.5. The van der Waals surface area contributed by atoms with Crippen molar-refractivity contribution >= 4 is 11.6 Å². The number of hydrogen-bond donors (Lipinski definition) is 7. The van der Waals surface area contributed by atoms with Crippen LogP contribution in [0.4, 0.5) is 0 Å². The summed E-state index contributed by atoms with van der Waals surface area (Å²) in [5.41, 5.74) is 2.96. The van der Waals surface area contributed by atoms with E-state index in [0.717, 1.165) is 0 Å². The molecule has 0 saturated carbocycles. The van der Waals surface area contributed by atoms with Crippen molar-refractivity contribution in [3.05, 3.63) is 94.5 Å². The number of phenolic OH excluding ortho intramolecular Hbond substituents is 7. The third-order valence-corrected chi connectivity index (χ3v) is 6.59. The van der Waals surface area contributed by atoms with Gasteiger partial charge in [-0.1, -0.05) is 18.2 Å². The van der Waals surface area contributed by atoms with Gasteiger partial charge in [-0.05, 0) is 58.7 Å². The number of fused-ring (bicyclic) bond motifs is 1. The number of aromatic hydroxyl groups is 7. The van der Waals surface area contributed by atoms with E-state index in [0.29, 0.717) is 33.4 Å². The third-order valence-electron chi connectivity index (χ3n) is 6.59. The number of benzene rings is 4. The van der Waals surface area contributed by atoms with E-state index in [4.69, 9.17) is 4.74 Å². The Morgan fingerprint density at radius 3 is 1.97 bits per heavy atom.